The van der Waals surface area contributed by atoms with Gasteiger partial charge in [0.25, 0.3) is 0 Å². The van der Waals surface area contributed by atoms with E-state index in [1.54, 1.807) is 17.4 Å². The van der Waals surface area contributed by atoms with Gasteiger partial charge in [0.05, 0.1) is 19.8 Å². The Hall–Kier alpha value is -1.54. The van der Waals surface area contributed by atoms with E-state index in [-0.39, 0.29) is 12.1 Å². The van der Waals surface area contributed by atoms with Crippen molar-refractivity contribution in [2.75, 3.05) is 45.4 Å². The Labute approximate surface area is 131 Å². The van der Waals surface area contributed by atoms with Gasteiger partial charge in [0.1, 0.15) is 17.6 Å². The number of carbonyl (C=O) groups excluding carboxylic acids is 1. The number of rotatable bonds is 4. The van der Waals surface area contributed by atoms with Gasteiger partial charge >= 0.3 is 6.03 Å². The predicted octanol–water partition coefficient (Wildman–Crippen LogP) is 1.40. The second-order valence-electron chi connectivity index (χ2n) is 5.50. The van der Waals surface area contributed by atoms with Crippen molar-refractivity contribution >= 4 is 15.8 Å². The van der Waals surface area contributed by atoms with Crippen LogP contribution < -0.4 is 5.32 Å². The number of amides is 2. The second-order valence-corrected chi connectivity index (χ2v) is 8.12. The quantitative estimate of drug-likeness (QED) is 0.846. The van der Waals surface area contributed by atoms with Crippen LogP contribution in [0.4, 0.5) is 4.79 Å². The molecule has 0 radical (unpaired) electrons. The maximum absolute atomic E-state index is 12.3. The molecule has 0 spiro atoms. The summed E-state index contributed by atoms with van der Waals surface area (Å²) in [6.45, 7) is 4.00. The van der Waals surface area contributed by atoms with Crippen molar-refractivity contribution in [3.63, 3.8) is 0 Å². The summed E-state index contributed by atoms with van der Waals surface area (Å²) in [5.41, 5.74) is 0. The molecule has 1 fully saturated rings. The number of hydrogen-bond acceptors (Lipinski definition) is 5. The second kappa shape index (κ2) is 7.15. The topological polar surface area (TPSA) is 84.1 Å². The molecule has 2 amide bonds. The third-order valence-electron chi connectivity index (χ3n) is 3.27. The zero-order valence-corrected chi connectivity index (χ0v) is 14.0. The van der Waals surface area contributed by atoms with Crippen LogP contribution in [0.25, 0.3) is 0 Å². The molecule has 124 valence electrons. The first-order valence-electron chi connectivity index (χ1n) is 7.18. The number of morpholine rings is 1. The Kier molecular flexibility index (Phi) is 5.47. The zero-order chi connectivity index (χ0) is 16.2. The van der Waals surface area contributed by atoms with Gasteiger partial charge in [-0.05, 0) is 19.1 Å². The number of aryl methyl sites for hydroxylation is 1. The maximum Gasteiger partial charge on any atom is 0.318 e. The number of urea groups is 1. The minimum Gasteiger partial charge on any atom is -0.464 e. The van der Waals surface area contributed by atoms with E-state index < -0.39 is 9.73 Å². The van der Waals surface area contributed by atoms with Crippen molar-refractivity contribution in [3.05, 3.63) is 23.7 Å². The summed E-state index contributed by atoms with van der Waals surface area (Å²) in [5, 5.41) is 2.80. The summed E-state index contributed by atoms with van der Waals surface area (Å²) < 4.78 is 26.5. The van der Waals surface area contributed by atoms with E-state index in [4.69, 9.17) is 9.15 Å². The highest BCUT2D eigenvalue weighted by Crippen LogP contribution is 2.25. The molecule has 0 saturated carbocycles. The van der Waals surface area contributed by atoms with Crippen LogP contribution in [0.2, 0.25) is 0 Å². The van der Waals surface area contributed by atoms with E-state index in [2.05, 4.69) is 9.68 Å². The van der Waals surface area contributed by atoms with Crippen molar-refractivity contribution < 1.29 is 18.2 Å². The normalized spacial score (nSPS) is 19.0. The van der Waals surface area contributed by atoms with Gasteiger partial charge in [0.2, 0.25) is 0 Å². The van der Waals surface area contributed by atoms with E-state index >= 15 is 0 Å². The molecule has 7 nitrogen and oxygen atoms in total. The Morgan fingerprint density at radius 2 is 2.27 bits per heavy atom. The number of nitrogens with one attached hydrogen (secondary N) is 1. The molecule has 1 atom stereocenters. The third kappa shape index (κ3) is 4.74. The van der Waals surface area contributed by atoms with Gasteiger partial charge < -0.3 is 19.4 Å². The van der Waals surface area contributed by atoms with Crippen LogP contribution in [0, 0.1) is 6.92 Å². The van der Waals surface area contributed by atoms with Crippen LogP contribution in [-0.2, 0) is 14.5 Å². The van der Waals surface area contributed by atoms with Crippen LogP contribution in [0.3, 0.4) is 0 Å². The molecule has 1 aromatic heterocycles. The molecule has 1 aliphatic rings. The van der Waals surface area contributed by atoms with Crippen molar-refractivity contribution in [1.29, 1.82) is 0 Å². The SMILES string of the molecule is Cc1ccc(C2COCCN2C(=O)NCCN=S(C)(C)=O)o1. The molecule has 2 rings (SSSR count). The number of ether oxygens (including phenoxy) is 1. The maximum atomic E-state index is 12.3. The number of hydrogen-bond donors (Lipinski definition) is 1. The van der Waals surface area contributed by atoms with Crippen molar-refractivity contribution in [1.82, 2.24) is 10.2 Å². The van der Waals surface area contributed by atoms with Crippen molar-refractivity contribution in [3.8, 4) is 0 Å². The highest BCUT2D eigenvalue weighted by Gasteiger charge is 2.30. The fraction of sp³-hybridized carbons (Fsp3) is 0.643. The highest BCUT2D eigenvalue weighted by molar-refractivity contribution is 7.92. The minimum absolute atomic E-state index is 0.184. The molecule has 2 heterocycles. The van der Waals surface area contributed by atoms with E-state index in [1.165, 1.54) is 0 Å². The van der Waals surface area contributed by atoms with Gasteiger partial charge in [-0.15, -0.1) is 0 Å². The molecule has 1 saturated heterocycles. The van der Waals surface area contributed by atoms with Gasteiger partial charge in [0.15, 0.2) is 0 Å². The molecular weight excluding hydrogens is 306 g/mol. The summed E-state index contributed by atoms with van der Waals surface area (Å²) in [6.07, 6.45) is 3.15. The molecule has 22 heavy (non-hydrogen) atoms. The van der Waals surface area contributed by atoms with Crippen LogP contribution in [0.1, 0.15) is 17.6 Å². The van der Waals surface area contributed by atoms with Gasteiger partial charge in [-0.1, -0.05) is 0 Å². The fourth-order valence-electron chi connectivity index (χ4n) is 2.24. The lowest BCUT2D eigenvalue weighted by Crippen LogP contribution is -2.48. The van der Waals surface area contributed by atoms with E-state index in [0.29, 0.717) is 32.8 Å². The standard InChI is InChI=1S/C14H23N3O4S/c1-11-4-5-13(21-11)12-10-20-9-8-17(12)14(18)15-6-7-16-22(2,3)19/h4-5,12H,6-10H2,1-3H3,(H,15,18). The van der Waals surface area contributed by atoms with Gasteiger partial charge in [0, 0.05) is 35.3 Å². The minimum atomic E-state index is -2.12. The average Bonchev–Trinajstić information content (AvgIpc) is 2.89. The summed E-state index contributed by atoms with van der Waals surface area (Å²) in [6, 6.07) is 3.34. The lowest BCUT2D eigenvalue weighted by atomic mass is 10.2. The number of nitrogens with zero attached hydrogens (tertiary/aromatic N) is 2. The van der Waals surface area contributed by atoms with Crippen LogP contribution in [0.15, 0.2) is 20.9 Å². The van der Waals surface area contributed by atoms with Crippen LogP contribution >= 0.6 is 0 Å². The van der Waals surface area contributed by atoms with Crippen molar-refractivity contribution in [2.45, 2.75) is 13.0 Å². The highest BCUT2D eigenvalue weighted by atomic mass is 32.2. The van der Waals surface area contributed by atoms with Crippen LogP contribution in [0.5, 0.6) is 0 Å². The first kappa shape index (κ1) is 16.8. The zero-order valence-electron chi connectivity index (χ0n) is 13.2. The summed E-state index contributed by atoms with van der Waals surface area (Å²) in [7, 11) is -2.12. The lowest BCUT2D eigenvalue weighted by molar-refractivity contribution is 0.00416. The first-order valence-corrected chi connectivity index (χ1v) is 9.51. The first-order chi connectivity index (χ1) is 10.4. The molecule has 0 bridgehead atoms. The van der Waals surface area contributed by atoms with Gasteiger partial charge in [-0.25, -0.2) is 9.16 Å². The van der Waals surface area contributed by atoms with E-state index in [1.807, 2.05) is 19.1 Å². The molecule has 1 aromatic rings. The van der Waals surface area contributed by atoms with Crippen LogP contribution in [-0.4, -0.2) is 60.5 Å². The fourth-order valence-corrected chi connectivity index (χ4v) is 2.78. The number of furan rings is 1. The summed E-state index contributed by atoms with van der Waals surface area (Å²) in [4.78, 5) is 14.0. The summed E-state index contributed by atoms with van der Waals surface area (Å²) in [5.74, 6) is 1.53. The monoisotopic (exact) mass is 329 g/mol. The third-order valence-corrected chi connectivity index (χ3v) is 4.07. The molecule has 1 aliphatic heterocycles. The largest absolute Gasteiger partial charge is 0.464 e. The Morgan fingerprint density at radius 3 is 2.91 bits per heavy atom. The summed E-state index contributed by atoms with van der Waals surface area (Å²) >= 11 is 0. The van der Waals surface area contributed by atoms with Gasteiger partial charge in [-0.3, -0.25) is 4.21 Å². The Bertz CT molecular complexity index is 626. The Balaban J connectivity index is 1.95. The molecular formula is C14H23N3O4S. The molecule has 1 N–H and O–H groups in total. The molecule has 0 aliphatic carbocycles. The lowest BCUT2D eigenvalue weighted by Gasteiger charge is -2.34. The molecule has 8 heteroatoms. The Morgan fingerprint density at radius 1 is 1.50 bits per heavy atom. The van der Waals surface area contributed by atoms with Crippen molar-refractivity contribution in [2.24, 2.45) is 4.36 Å². The van der Waals surface area contributed by atoms with E-state index in [9.17, 15) is 9.00 Å². The van der Waals surface area contributed by atoms with Gasteiger partial charge in [-0.2, -0.15) is 0 Å². The average molecular weight is 329 g/mol. The van der Waals surface area contributed by atoms with E-state index in [0.717, 1.165) is 11.5 Å². The molecule has 0 aromatic carbocycles. The predicted molar refractivity (Wildman–Crippen MR) is 84.4 cm³/mol. The number of carbonyl (C=O) groups is 1. The smallest absolute Gasteiger partial charge is 0.318 e. The molecule has 1 unspecified atom stereocenters.